The highest BCUT2D eigenvalue weighted by atomic mass is 16.1. The molecule has 1 heterocycles. The van der Waals surface area contributed by atoms with Crippen molar-refractivity contribution in [3.8, 4) is 0 Å². The van der Waals surface area contributed by atoms with Gasteiger partial charge in [-0.05, 0) is 6.42 Å². The van der Waals surface area contributed by atoms with Crippen molar-refractivity contribution in [2.24, 2.45) is 7.05 Å². The molecule has 1 amide bonds. The van der Waals surface area contributed by atoms with Gasteiger partial charge in [0.25, 0.3) is 0 Å². The third kappa shape index (κ3) is 4.44. The molecule has 0 aliphatic heterocycles. The van der Waals surface area contributed by atoms with Crippen LogP contribution in [0, 0.1) is 0 Å². The van der Waals surface area contributed by atoms with Gasteiger partial charge in [-0.25, -0.2) is 4.98 Å². The number of nitrogens with one attached hydrogen (secondary N) is 2. The molecule has 1 aromatic rings. The average Bonchev–Trinajstić information content (AvgIpc) is 2.67. The van der Waals surface area contributed by atoms with Crippen molar-refractivity contribution >= 4 is 5.91 Å². The van der Waals surface area contributed by atoms with Crippen LogP contribution in [0.3, 0.4) is 0 Å². The van der Waals surface area contributed by atoms with Gasteiger partial charge in [0.1, 0.15) is 5.82 Å². The molecule has 1 rings (SSSR count). The van der Waals surface area contributed by atoms with Crippen LogP contribution >= 0.6 is 0 Å². The molecule has 0 aliphatic rings. The van der Waals surface area contributed by atoms with Gasteiger partial charge in [0.15, 0.2) is 0 Å². The van der Waals surface area contributed by atoms with E-state index in [0.29, 0.717) is 19.5 Å². The first-order valence-electron chi connectivity index (χ1n) is 5.67. The predicted octanol–water partition coefficient (Wildman–Crippen LogP) is 0.426. The Morgan fingerprint density at radius 3 is 2.94 bits per heavy atom. The van der Waals surface area contributed by atoms with Gasteiger partial charge in [-0.15, -0.1) is 0 Å². The van der Waals surface area contributed by atoms with Crippen molar-refractivity contribution in [1.29, 1.82) is 0 Å². The Kier molecular flexibility index (Phi) is 5.56. The Labute approximate surface area is 96.3 Å². The molecule has 0 spiro atoms. The Balaban J connectivity index is 2.08. The highest BCUT2D eigenvalue weighted by Gasteiger charge is 2.01. The highest BCUT2D eigenvalue weighted by Crippen LogP contribution is 1.92. The van der Waals surface area contributed by atoms with Crippen molar-refractivity contribution in [1.82, 2.24) is 20.2 Å². The van der Waals surface area contributed by atoms with E-state index in [2.05, 4.69) is 15.6 Å². The summed E-state index contributed by atoms with van der Waals surface area (Å²) in [6.45, 7) is 4.19. The smallest absolute Gasteiger partial charge is 0.221 e. The quantitative estimate of drug-likeness (QED) is 0.660. The molecule has 0 aromatic carbocycles. The summed E-state index contributed by atoms with van der Waals surface area (Å²) in [7, 11) is 1.96. The summed E-state index contributed by atoms with van der Waals surface area (Å²) in [6.07, 6.45) is 5.17. The van der Waals surface area contributed by atoms with Gasteiger partial charge >= 0.3 is 0 Å². The minimum atomic E-state index is 0.106. The molecule has 90 valence electrons. The zero-order chi connectivity index (χ0) is 11.8. The fourth-order valence-electron chi connectivity index (χ4n) is 1.32. The van der Waals surface area contributed by atoms with E-state index in [0.717, 1.165) is 18.8 Å². The number of nitrogens with zero attached hydrogens (tertiary/aromatic N) is 2. The Bertz CT molecular complexity index is 322. The van der Waals surface area contributed by atoms with Crippen LogP contribution in [-0.4, -0.2) is 28.5 Å². The van der Waals surface area contributed by atoms with Crippen LogP contribution in [0.4, 0.5) is 0 Å². The summed E-state index contributed by atoms with van der Waals surface area (Å²) < 4.78 is 1.96. The molecule has 5 heteroatoms. The maximum absolute atomic E-state index is 11.3. The number of hydrogen-bond donors (Lipinski definition) is 2. The minimum Gasteiger partial charge on any atom is -0.356 e. The first-order chi connectivity index (χ1) is 7.74. The molecule has 5 nitrogen and oxygen atoms in total. The van der Waals surface area contributed by atoms with Gasteiger partial charge in [0, 0.05) is 39.0 Å². The number of amides is 1. The van der Waals surface area contributed by atoms with E-state index in [1.165, 1.54) is 0 Å². The zero-order valence-corrected chi connectivity index (χ0v) is 9.99. The van der Waals surface area contributed by atoms with Crippen molar-refractivity contribution in [2.75, 3.05) is 13.1 Å². The van der Waals surface area contributed by atoms with Crippen molar-refractivity contribution in [2.45, 2.75) is 26.3 Å². The first-order valence-corrected chi connectivity index (χ1v) is 5.67. The highest BCUT2D eigenvalue weighted by molar-refractivity contribution is 5.75. The van der Waals surface area contributed by atoms with Gasteiger partial charge in [-0.3, -0.25) is 4.79 Å². The molecular weight excluding hydrogens is 204 g/mol. The number of rotatable bonds is 7. The standard InChI is InChI=1S/C11H20N4O/c1-3-5-14-11(16)4-6-12-9-10-13-7-8-15(10)2/h7-8,12H,3-6,9H2,1-2H3,(H,14,16). The summed E-state index contributed by atoms with van der Waals surface area (Å²) in [6, 6.07) is 0. The van der Waals surface area contributed by atoms with Gasteiger partial charge in [0.2, 0.25) is 5.91 Å². The summed E-state index contributed by atoms with van der Waals surface area (Å²) in [5.74, 6) is 1.09. The number of imidazole rings is 1. The minimum absolute atomic E-state index is 0.106. The molecule has 0 saturated heterocycles. The molecule has 1 aromatic heterocycles. The van der Waals surface area contributed by atoms with Crippen LogP contribution in [0.2, 0.25) is 0 Å². The molecule has 0 bridgehead atoms. The topological polar surface area (TPSA) is 59.0 Å². The number of aromatic nitrogens is 2. The molecular formula is C11H20N4O. The monoisotopic (exact) mass is 224 g/mol. The number of hydrogen-bond acceptors (Lipinski definition) is 3. The van der Waals surface area contributed by atoms with Crippen LogP contribution in [0.25, 0.3) is 0 Å². The lowest BCUT2D eigenvalue weighted by molar-refractivity contribution is -0.120. The molecule has 0 fully saturated rings. The fourth-order valence-corrected chi connectivity index (χ4v) is 1.32. The SMILES string of the molecule is CCCNC(=O)CCNCc1nccn1C. The maximum atomic E-state index is 11.3. The molecule has 0 aliphatic carbocycles. The maximum Gasteiger partial charge on any atom is 0.221 e. The van der Waals surface area contributed by atoms with Gasteiger partial charge in [-0.2, -0.15) is 0 Å². The van der Waals surface area contributed by atoms with E-state index in [1.807, 2.05) is 24.7 Å². The molecule has 16 heavy (non-hydrogen) atoms. The molecule has 0 radical (unpaired) electrons. The molecule has 0 unspecified atom stereocenters. The van der Waals surface area contributed by atoms with Crippen LogP contribution in [0.15, 0.2) is 12.4 Å². The molecule has 0 atom stereocenters. The second-order valence-corrected chi connectivity index (χ2v) is 3.73. The fraction of sp³-hybridized carbons (Fsp3) is 0.636. The average molecular weight is 224 g/mol. The third-order valence-corrected chi connectivity index (χ3v) is 2.31. The second kappa shape index (κ2) is 7.00. The summed E-state index contributed by atoms with van der Waals surface area (Å²) in [5.41, 5.74) is 0. The van der Waals surface area contributed by atoms with E-state index >= 15 is 0 Å². The summed E-state index contributed by atoms with van der Waals surface area (Å²) in [4.78, 5) is 15.4. The second-order valence-electron chi connectivity index (χ2n) is 3.73. The Morgan fingerprint density at radius 2 is 2.31 bits per heavy atom. The van der Waals surface area contributed by atoms with E-state index in [4.69, 9.17) is 0 Å². The lowest BCUT2D eigenvalue weighted by Gasteiger charge is -2.05. The Morgan fingerprint density at radius 1 is 1.50 bits per heavy atom. The van der Waals surface area contributed by atoms with E-state index < -0.39 is 0 Å². The number of aryl methyl sites for hydroxylation is 1. The zero-order valence-electron chi connectivity index (χ0n) is 9.99. The Hall–Kier alpha value is -1.36. The molecule has 0 saturated carbocycles. The van der Waals surface area contributed by atoms with Crippen molar-refractivity contribution < 1.29 is 4.79 Å². The van der Waals surface area contributed by atoms with Crippen LogP contribution in [0.1, 0.15) is 25.6 Å². The van der Waals surface area contributed by atoms with Gasteiger partial charge in [0.05, 0.1) is 6.54 Å². The lowest BCUT2D eigenvalue weighted by Crippen LogP contribution is -2.28. The first kappa shape index (κ1) is 12.7. The van der Waals surface area contributed by atoms with E-state index in [9.17, 15) is 4.79 Å². The molecule has 2 N–H and O–H groups in total. The predicted molar refractivity (Wildman–Crippen MR) is 62.8 cm³/mol. The van der Waals surface area contributed by atoms with Crippen molar-refractivity contribution in [3.63, 3.8) is 0 Å². The van der Waals surface area contributed by atoms with Crippen molar-refractivity contribution in [3.05, 3.63) is 18.2 Å². The lowest BCUT2D eigenvalue weighted by atomic mass is 10.3. The summed E-state index contributed by atoms with van der Waals surface area (Å²) in [5, 5.41) is 6.03. The van der Waals surface area contributed by atoms with Crippen LogP contribution in [-0.2, 0) is 18.4 Å². The van der Waals surface area contributed by atoms with Gasteiger partial charge < -0.3 is 15.2 Å². The van der Waals surface area contributed by atoms with E-state index in [1.54, 1.807) is 6.20 Å². The number of carbonyl (C=O) groups is 1. The van der Waals surface area contributed by atoms with Gasteiger partial charge in [-0.1, -0.05) is 6.92 Å². The van der Waals surface area contributed by atoms with E-state index in [-0.39, 0.29) is 5.91 Å². The third-order valence-electron chi connectivity index (χ3n) is 2.31. The number of carbonyl (C=O) groups excluding carboxylic acids is 1. The van der Waals surface area contributed by atoms with Crippen LogP contribution in [0.5, 0.6) is 0 Å². The summed E-state index contributed by atoms with van der Waals surface area (Å²) >= 11 is 0. The normalized spacial score (nSPS) is 10.4. The van der Waals surface area contributed by atoms with Crippen LogP contribution < -0.4 is 10.6 Å². The largest absolute Gasteiger partial charge is 0.356 e.